The summed E-state index contributed by atoms with van der Waals surface area (Å²) in [6, 6.07) is 9.52. The smallest absolute Gasteiger partial charge is 0.407 e. The number of carbonyl (C=O) groups is 2. The quantitative estimate of drug-likeness (QED) is 0.837. The maximum Gasteiger partial charge on any atom is 0.407 e. The normalized spacial score (nSPS) is 17.6. The highest BCUT2D eigenvalue weighted by molar-refractivity contribution is 5.78. The Morgan fingerprint density at radius 3 is 2.81 bits per heavy atom. The lowest BCUT2D eigenvalue weighted by molar-refractivity contribution is -0.128. The molecule has 2 amide bonds. The van der Waals surface area contributed by atoms with Crippen LogP contribution in [0.1, 0.15) is 12.0 Å². The molecular formula is C15H21N3O3. The fourth-order valence-electron chi connectivity index (χ4n) is 2.36. The average molecular weight is 291 g/mol. The van der Waals surface area contributed by atoms with E-state index in [9.17, 15) is 9.59 Å². The minimum absolute atomic E-state index is 0.0378. The van der Waals surface area contributed by atoms with E-state index in [1.165, 1.54) is 0 Å². The van der Waals surface area contributed by atoms with E-state index in [1.807, 2.05) is 30.3 Å². The maximum absolute atomic E-state index is 11.6. The van der Waals surface area contributed by atoms with Gasteiger partial charge in [-0.25, -0.2) is 4.79 Å². The maximum atomic E-state index is 11.6. The minimum atomic E-state index is -0.428. The lowest BCUT2D eigenvalue weighted by Crippen LogP contribution is -2.36. The van der Waals surface area contributed by atoms with Gasteiger partial charge in [0.25, 0.3) is 0 Å². The van der Waals surface area contributed by atoms with Crippen molar-refractivity contribution in [3.05, 3.63) is 35.9 Å². The minimum Gasteiger partial charge on any atom is -0.445 e. The molecule has 0 aliphatic carbocycles. The predicted molar refractivity (Wildman–Crippen MR) is 78.4 cm³/mol. The number of alkyl carbamates (subject to hydrolysis) is 1. The molecule has 1 aromatic rings. The third-order valence-corrected chi connectivity index (χ3v) is 3.56. The van der Waals surface area contributed by atoms with E-state index < -0.39 is 6.09 Å². The van der Waals surface area contributed by atoms with Gasteiger partial charge in [-0.2, -0.15) is 0 Å². The Bertz CT molecular complexity index is 478. The largest absolute Gasteiger partial charge is 0.445 e. The first-order chi connectivity index (χ1) is 10.2. The van der Waals surface area contributed by atoms with Gasteiger partial charge >= 0.3 is 6.09 Å². The van der Waals surface area contributed by atoms with Crippen molar-refractivity contribution in [1.29, 1.82) is 0 Å². The van der Waals surface area contributed by atoms with Gasteiger partial charge in [-0.05, 0) is 17.9 Å². The zero-order valence-corrected chi connectivity index (χ0v) is 12.0. The molecule has 0 unspecified atom stereocenters. The molecule has 21 heavy (non-hydrogen) atoms. The summed E-state index contributed by atoms with van der Waals surface area (Å²) in [4.78, 5) is 24.8. The number of hydrogen-bond acceptors (Lipinski definition) is 4. The van der Waals surface area contributed by atoms with Crippen molar-refractivity contribution in [3.8, 4) is 0 Å². The fourth-order valence-corrected chi connectivity index (χ4v) is 2.36. The molecule has 0 spiro atoms. The molecule has 1 aliphatic rings. The molecule has 1 aromatic carbocycles. The first kappa shape index (κ1) is 15.3. The summed E-state index contributed by atoms with van der Waals surface area (Å²) in [6.45, 7) is 2.17. The number of likely N-dealkylation sites (tertiary alicyclic amines) is 1. The zero-order valence-electron chi connectivity index (χ0n) is 12.0. The van der Waals surface area contributed by atoms with Crippen molar-refractivity contribution in [2.45, 2.75) is 13.0 Å². The number of benzene rings is 1. The van der Waals surface area contributed by atoms with E-state index in [4.69, 9.17) is 10.5 Å². The first-order valence-corrected chi connectivity index (χ1v) is 7.11. The summed E-state index contributed by atoms with van der Waals surface area (Å²) in [5.41, 5.74) is 6.29. The summed E-state index contributed by atoms with van der Waals surface area (Å²) >= 11 is 0. The Morgan fingerprint density at radius 1 is 1.33 bits per heavy atom. The highest BCUT2D eigenvalue weighted by Crippen LogP contribution is 2.15. The molecule has 114 valence electrons. The predicted octanol–water partition coefficient (Wildman–Crippen LogP) is 0.720. The van der Waals surface area contributed by atoms with Crippen LogP contribution in [-0.2, 0) is 16.1 Å². The van der Waals surface area contributed by atoms with E-state index in [0.29, 0.717) is 19.6 Å². The van der Waals surface area contributed by atoms with Gasteiger partial charge in [0, 0.05) is 19.6 Å². The van der Waals surface area contributed by atoms with E-state index in [2.05, 4.69) is 5.32 Å². The highest BCUT2D eigenvalue weighted by atomic mass is 16.5. The Kier molecular flexibility index (Phi) is 5.57. The molecule has 0 saturated carbocycles. The standard InChI is InChI=1S/C15H21N3O3/c16-8-14(19)18-7-6-13(10-18)9-17-15(20)21-11-12-4-2-1-3-5-12/h1-5,13H,6-11,16H2,(H,17,20)/t13-/m1/s1. The van der Waals surface area contributed by atoms with Gasteiger partial charge in [0.1, 0.15) is 6.61 Å². The second-order valence-corrected chi connectivity index (χ2v) is 5.14. The molecule has 6 heteroatoms. The molecule has 1 heterocycles. The SMILES string of the molecule is NCC(=O)N1CC[C@H](CNC(=O)OCc2ccccc2)C1. The van der Waals surface area contributed by atoms with Crippen molar-refractivity contribution in [2.75, 3.05) is 26.2 Å². The Balaban J connectivity index is 1.65. The Labute approximate surface area is 124 Å². The molecule has 2 rings (SSSR count). The summed E-state index contributed by atoms with van der Waals surface area (Å²) in [5, 5.41) is 2.74. The second kappa shape index (κ2) is 7.64. The van der Waals surface area contributed by atoms with Gasteiger partial charge in [0.15, 0.2) is 0 Å². The average Bonchev–Trinajstić information content (AvgIpc) is 3.00. The molecule has 0 aromatic heterocycles. The number of rotatable bonds is 5. The number of hydrogen-bond donors (Lipinski definition) is 2. The number of amides is 2. The molecule has 0 radical (unpaired) electrons. The van der Waals surface area contributed by atoms with Crippen LogP contribution in [0.25, 0.3) is 0 Å². The van der Waals surface area contributed by atoms with Crippen LogP contribution in [0.2, 0.25) is 0 Å². The highest BCUT2D eigenvalue weighted by Gasteiger charge is 2.25. The van der Waals surface area contributed by atoms with E-state index >= 15 is 0 Å². The van der Waals surface area contributed by atoms with Gasteiger partial charge in [-0.1, -0.05) is 30.3 Å². The summed E-state index contributed by atoms with van der Waals surface area (Å²) in [7, 11) is 0. The van der Waals surface area contributed by atoms with Crippen molar-refractivity contribution in [3.63, 3.8) is 0 Å². The van der Waals surface area contributed by atoms with Gasteiger partial charge < -0.3 is 20.7 Å². The van der Waals surface area contributed by atoms with Gasteiger partial charge in [0.05, 0.1) is 6.54 Å². The Morgan fingerprint density at radius 2 is 2.10 bits per heavy atom. The summed E-state index contributed by atoms with van der Waals surface area (Å²) < 4.78 is 5.13. The summed E-state index contributed by atoms with van der Waals surface area (Å²) in [6.07, 6.45) is 0.451. The number of carbonyl (C=O) groups excluding carboxylic acids is 2. The number of nitrogens with zero attached hydrogens (tertiary/aromatic N) is 1. The van der Waals surface area contributed by atoms with E-state index in [1.54, 1.807) is 4.90 Å². The van der Waals surface area contributed by atoms with Crippen LogP contribution in [-0.4, -0.2) is 43.1 Å². The van der Waals surface area contributed by atoms with Crippen molar-refractivity contribution in [2.24, 2.45) is 11.7 Å². The van der Waals surface area contributed by atoms with Crippen LogP contribution in [0, 0.1) is 5.92 Å². The fraction of sp³-hybridized carbons (Fsp3) is 0.467. The van der Waals surface area contributed by atoms with Gasteiger partial charge in [-0.3, -0.25) is 4.79 Å². The lowest BCUT2D eigenvalue weighted by atomic mass is 10.1. The van der Waals surface area contributed by atoms with Gasteiger partial charge in [0.2, 0.25) is 5.91 Å². The summed E-state index contributed by atoms with van der Waals surface area (Å²) in [5.74, 6) is 0.230. The third kappa shape index (κ3) is 4.75. The van der Waals surface area contributed by atoms with Crippen molar-refractivity contribution in [1.82, 2.24) is 10.2 Å². The van der Waals surface area contributed by atoms with Crippen LogP contribution in [0.4, 0.5) is 4.79 Å². The monoisotopic (exact) mass is 291 g/mol. The van der Waals surface area contributed by atoms with E-state index in [0.717, 1.165) is 12.0 Å². The van der Waals surface area contributed by atoms with Crippen LogP contribution < -0.4 is 11.1 Å². The molecule has 1 fully saturated rings. The molecule has 1 aliphatic heterocycles. The van der Waals surface area contributed by atoms with Crippen molar-refractivity contribution < 1.29 is 14.3 Å². The van der Waals surface area contributed by atoms with Crippen LogP contribution in [0.5, 0.6) is 0 Å². The first-order valence-electron chi connectivity index (χ1n) is 7.11. The van der Waals surface area contributed by atoms with Crippen LogP contribution in [0.15, 0.2) is 30.3 Å². The number of nitrogens with two attached hydrogens (primary N) is 1. The molecule has 1 atom stereocenters. The van der Waals surface area contributed by atoms with Crippen molar-refractivity contribution >= 4 is 12.0 Å². The third-order valence-electron chi connectivity index (χ3n) is 3.56. The molecule has 1 saturated heterocycles. The number of ether oxygens (including phenoxy) is 1. The van der Waals surface area contributed by atoms with Gasteiger partial charge in [-0.15, -0.1) is 0 Å². The van der Waals surface area contributed by atoms with E-state index in [-0.39, 0.29) is 25.0 Å². The Hall–Kier alpha value is -2.08. The van der Waals surface area contributed by atoms with Crippen LogP contribution in [0.3, 0.4) is 0 Å². The zero-order chi connectivity index (χ0) is 15.1. The molecular weight excluding hydrogens is 270 g/mol. The molecule has 6 nitrogen and oxygen atoms in total. The molecule has 0 bridgehead atoms. The molecule has 3 N–H and O–H groups in total. The van der Waals surface area contributed by atoms with Crippen LogP contribution >= 0.6 is 0 Å². The number of nitrogens with one attached hydrogen (secondary N) is 1. The second-order valence-electron chi connectivity index (χ2n) is 5.14. The topological polar surface area (TPSA) is 84.7 Å². The lowest BCUT2D eigenvalue weighted by Gasteiger charge is -2.15.